The molecule has 0 aromatic heterocycles. The molecule has 0 unspecified atom stereocenters. The number of carbonyl (C=O) groups is 1. The summed E-state index contributed by atoms with van der Waals surface area (Å²) in [5, 5.41) is 0. The SMILES string of the molecule is CC(C)CCC[C@@H](C)[C@H]1CC[C@H]2[C@@H]3CC=C4C[C@@H](OC(=O)CCCCCCN)CC[C@]4(C)[C@H]3CC[C@]12C. The van der Waals surface area contributed by atoms with Crippen molar-refractivity contribution in [1.82, 2.24) is 0 Å². The van der Waals surface area contributed by atoms with Gasteiger partial charge in [0.1, 0.15) is 6.10 Å². The molecule has 8 atom stereocenters. The van der Waals surface area contributed by atoms with Crippen LogP contribution in [0, 0.1) is 46.3 Å². The lowest BCUT2D eigenvalue weighted by Gasteiger charge is -2.58. The quantitative estimate of drug-likeness (QED) is 0.161. The number of ether oxygens (including phenoxy) is 1. The molecule has 4 rings (SSSR count). The van der Waals surface area contributed by atoms with Gasteiger partial charge in [0.25, 0.3) is 0 Å². The Morgan fingerprint density at radius 1 is 0.973 bits per heavy atom. The predicted molar refractivity (Wildman–Crippen MR) is 155 cm³/mol. The highest BCUT2D eigenvalue weighted by Gasteiger charge is 2.59. The molecule has 0 amide bonds. The summed E-state index contributed by atoms with van der Waals surface area (Å²) in [6.45, 7) is 13.3. The summed E-state index contributed by atoms with van der Waals surface area (Å²) < 4.78 is 6.00. The molecule has 0 aromatic rings. The van der Waals surface area contributed by atoms with Gasteiger partial charge in [-0.15, -0.1) is 0 Å². The minimum Gasteiger partial charge on any atom is -0.462 e. The Morgan fingerprint density at radius 3 is 2.51 bits per heavy atom. The minimum atomic E-state index is 0.0172. The molecule has 0 aromatic carbocycles. The van der Waals surface area contributed by atoms with Gasteiger partial charge in [0.15, 0.2) is 0 Å². The van der Waals surface area contributed by atoms with E-state index in [4.69, 9.17) is 10.5 Å². The molecule has 212 valence electrons. The van der Waals surface area contributed by atoms with E-state index in [1.165, 1.54) is 57.8 Å². The van der Waals surface area contributed by atoms with Crippen LogP contribution in [0.4, 0.5) is 0 Å². The Hall–Kier alpha value is -0.830. The Kier molecular flexibility index (Phi) is 9.90. The van der Waals surface area contributed by atoms with Crippen molar-refractivity contribution in [2.45, 2.75) is 143 Å². The summed E-state index contributed by atoms with van der Waals surface area (Å²) in [6, 6.07) is 0. The van der Waals surface area contributed by atoms with Gasteiger partial charge in [-0.05, 0) is 111 Å². The van der Waals surface area contributed by atoms with Crippen molar-refractivity contribution in [1.29, 1.82) is 0 Å². The Morgan fingerprint density at radius 2 is 1.76 bits per heavy atom. The molecular formula is C34H59NO2. The lowest BCUT2D eigenvalue weighted by atomic mass is 9.47. The highest BCUT2D eigenvalue weighted by Crippen LogP contribution is 2.67. The second-order valence-electron chi connectivity index (χ2n) is 14.6. The van der Waals surface area contributed by atoms with Gasteiger partial charge in [-0.25, -0.2) is 0 Å². The topological polar surface area (TPSA) is 52.3 Å². The van der Waals surface area contributed by atoms with Crippen LogP contribution in [0.2, 0.25) is 0 Å². The first-order valence-electron chi connectivity index (χ1n) is 16.3. The first kappa shape index (κ1) is 29.2. The number of hydrogen-bond donors (Lipinski definition) is 1. The third-order valence-corrected chi connectivity index (χ3v) is 11.9. The van der Waals surface area contributed by atoms with Crippen LogP contribution in [0.25, 0.3) is 0 Å². The van der Waals surface area contributed by atoms with Crippen LogP contribution < -0.4 is 5.73 Å². The third-order valence-electron chi connectivity index (χ3n) is 11.9. The molecule has 0 saturated heterocycles. The number of carbonyl (C=O) groups excluding carboxylic acids is 1. The fourth-order valence-electron chi connectivity index (χ4n) is 9.76. The first-order valence-corrected chi connectivity index (χ1v) is 16.3. The molecule has 3 heteroatoms. The van der Waals surface area contributed by atoms with Crippen molar-refractivity contribution in [2.75, 3.05) is 6.54 Å². The number of esters is 1. The maximum atomic E-state index is 12.5. The zero-order valence-corrected chi connectivity index (χ0v) is 25.0. The van der Waals surface area contributed by atoms with E-state index in [0.29, 0.717) is 17.3 Å². The van der Waals surface area contributed by atoms with E-state index in [2.05, 4.69) is 40.7 Å². The van der Waals surface area contributed by atoms with Gasteiger partial charge in [-0.3, -0.25) is 4.79 Å². The number of fused-ring (bicyclic) bond motifs is 5. The molecule has 3 nitrogen and oxygen atoms in total. The van der Waals surface area contributed by atoms with Crippen LogP contribution in [0.3, 0.4) is 0 Å². The fraction of sp³-hybridized carbons (Fsp3) is 0.912. The van der Waals surface area contributed by atoms with Crippen LogP contribution >= 0.6 is 0 Å². The van der Waals surface area contributed by atoms with E-state index in [0.717, 1.165) is 80.6 Å². The normalized spacial score (nSPS) is 37.9. The standard InChI is InChI=1S/C34H59NO2/c1-24(2)11-10-12-25(3)29-16-17-30-28-15-14-26-23-27(37-32(36)13-8-6-7-9-22-35)18-20-33(26,4)31(28)19-21-34(29,30)5/h14,24-25,27-31H,6-13,15-23,35H2,1-5H3/t25-,27+,28+,29-,30+,31+,33+,34-/m1/s1. The fourth-order valence-corrected chi connectivity index (χ4v) is 9.76. The van der Waals surface area contributed by atoms with E-state index >= 15 is 0 Å². The summed E-state index contributed by atoms with van der Waals surface area (Å²) >= 11 is 0. The number of nitrogens with two attached hydrogens (primary N) is 1. The molecule has 3 fully saturated rings. The minimum absolute atomic E-state index is 0.0172. The van der Waals surface area contributed by atoms with Crippen molar-refractivity contribution < 1.29 is 9.53 Å². The summed E-state index contributed by atoms with van der Waals surface area (Å²) in [6.07, 6.45) is 22.0. The number of hydrogen-bond acceptors (Lipinski definition) is 3. The average molecular weight is 514 g/mol. The Labute approximate surface area is 229 Å². The highest BCUT2D eigenvalue weighted by atomic mass is 16.5. The van der Waals surface area contributed by atoms with Crippen LogP contribution in [0.5, 0.6) is 0 Å². The maximum Gasteiger partial charge on any atom is 0.306 e. The van der Waals surface area contributed by atoms with Gasteiger partial charge in [-0.2, -0.15) is 0 Å². The molecule has 37 heavy (non-hydrogen) atoms. The number of allylic oxidation sites excluding steroid dienone is 1. The van der Waals surface area contributed by atoms with E-state index in [1.807, 2.05) is 0 Å². The summed E-state index contributed by atoms with van der Waals surface area (Å²) in [4.78, 5) is 12.5. The molecule has 0 bridgehead atoms. The molecule has 3 saturated carbocycles. The summed E-state index contributed by atoms with van der Waals surface area (Å²) in [7, 11) is 0. The highest BCUT2D eigenvalue weighted by molar-refractivity contribution is 5.69. The number of unbranched alkanes of at least 4 members (excludes halogenated alkanes) is 3. The Balaban J connectivity index is 1.34. The van der Waals surface area contributed by atoms with Crippen molar-refractivity contribution in [3.63, 3.8) is 0 Å². The van der Waals surface area contributed by atoms with Crippen molar-refractivity contribution in [3.05, 3.63) is 11.6 Å². The van der Waals surface area contributed by atoms with Crippen molar-refractivity contribution >= 4 is 5.97 Å². The van der Waals surface area contributed by atoms with Gasteiger partial charge in [0, 0.05) is 12.8 Å². The largest absolute Gasteiger partial charge is 0.462 e. The lowest BCUT2D eigenvalue weighted by Crippen LogP contribution is -2.51. The monoisotopic (exact) mass is 513 g/mol. The van der Waals surface area contributed by atoms with Gasteiger partial charge < -0.3 is 10.5 Å². The van der Waals surface area contributed by atoms with Gasteiger partial charge in [0.2, 0.25) is 0 Å². The molecular weight excluding hydrogens is 454 g/mol. The van der Waals surface area contributed by atoms with Gasteiger partial charge >= 0.3 is 5.97 Å². The molecule has 2 N–H and O–H groups in total. The molecule has 4 aliphatic carbocycles. The zero-order valence-electron chi connectivity index (χ0n) is 25.0. The van der Waals surface area contributed by atoms with E-state index < -0.39 is 0 Å². The molecule has 0 spiro atoms. The average Bonchev–Trinajstić information content (AvgIpc) is 3.21. The van der Waals surface area contributed by atoms with Crippen molar-refractivity contribution in [2.24, 2.45) is 52.1 Å². The summed E-state index contributed by atoms with van der Waals surface area (Å²) in [5.74, 6) is 5.27. The third kappa shape index (κ3) is 6.33. The van der Waals surface area contributed by atoms with E-state index in [9.17, 15) is 4.79 Å². The van der Waals surface area contributed by atoms with Crippen LogP contribution in [0.1, 0.15) is 137 Å². The van der Waals surface area contributed by atoms with Gasteiger partial charge in [-0.1, -0.05) is 78.4 Å². The second-order valence-corrected chi connectivity index (χ2v) is 14.6. The molecule has 0 aliphatic heterocycles. The zero-order chi connectivity index (χ0) is 26.6. The second kappa shape index (κ2) is 12.6. The van der Waals surface area contributed by atoms with E-state index in [-0.39, 0.29) is 12.1 Å². The smallest absolute Gasteiger partial charge is 0.306 e. The van der Waals surface area contributed by atoms with Crippen LogP contribution in [-0.2, 0) is 9.53 Å². The lowest BCUT2D eigenvalue weighted by molar-refractivity contribution is -0.151. The Bertz CT molecular complexity index is 789. The van der Waals surface area contributed by atoms with Gasteiger partial charge in [0.05, 0.1) is 0 Å². The molecule has 0 heterocycles. The summed E-state index contributed by atoms with van der Waals surface area (Å²) in [5.41, 5.74) is 8.08. The van der Waals surface area contributed by atoms with Crippen LogP contribution in [-0.4, -0.2) is 18.6 Å². The predicted octanol–water partition coefficient (Wildman–Crippen LogP) is 8.85. The van der Waals surface area contributed by atoms with Crippen LogP contribution in [0.15, 0.2) is 11.6 Å². The van der Waals surface area contributed by atoms with Crippen molar-refractivity contribution in [3.8, 4) is 0 Å². The molecule has 0 radical (unpaired) electrons. The molecule has 4 aliphatic rings. The number of rotatable bonds is 12. The first-order chi connectivity index (χ1) is 17.7. The van der Waals surface area contributed by atoms with E-state index in [1.54, 1.807) is 5.57 Å². The maximum absolute atomic E-state index is 12.5.